The fourth-order valence-corrected chi connectivity index (χ4v) is 1.58. The number of nitrogens with two attached hydrogens (primary N) is 1. The fourth-order valence-electron chi connectivity index (χ4n) is 1.58. The van der Waals surface area contributed by atoms with Crippen LogP contribution in [-0.2, 0) is 4.74 Å². The molecule has 1 rings (SSSR count). The van der Waals surface area contributed by atoms with Gasteiger partial charge in [-0.2, -0.15) is 0 Å². The Balaban J connectivity index is 3.28. The smallest absolute Gasteiger partial charge is 0.360 e. The molecule has 0 amide bonds. The van der Waals surface area contributed by atoms with Crippen molar-refractivity contribution >= 4 is 11.8 Å². The molecule has 1 atom stereocenters. The zero-order valence-electron chi connectivity index (χ0n) is 9.65. The van der Waals surface area contributed by atoms with Crippen molar-refractivity contribution in [3.8, 4) is 12.3 Å². The van der Waals surface area contributed by atoms with Crippen LogP contribution in [0.5, 0.6) is 0 Å². The summed E-state index contributed by atoms with van der Waals surface area (Å²) in [6.45, 7) is 3.70. The van der Waals surface area contributed by atoms with Crippen molar-refractivity contribution in [3.05, 3.63) is 11.5 Å². The molecule has 0 saturated carbocycles. The third kappa shape index (κ3) is 1.87. The highest BCUT2D eigenvalue weighted by Gasteiger charge is 2.21. The molecule has 0 spiro atoms. The largest absolute Gasteiger partial charge is 0.464 e. The number of terminal acetylenes is 1. The van der Waals surface area contributed by atoms with Crippen LogP contribution >= 0.6 is 0 Å². The number of aromatic nitrogens is 2. The van der Waals surface area contributed by atoms with Gasteiger partial charge in [0.05, 0.1) is 13.2 Å². The summed E-state index contributed by atoms with van der Waals surface area (Å²) in [6.07, 6.45) is 6.12. The minimum absolute atomic E-state index is 0.119. The van der Waals surface area contributed by atoms with Crippen LogP contribution in [0.2, 0.25) is 0 Å². The molecule has 1 unspecified atom stereocenters. The summed E-state index contributed by atoms with van der Waals surface area (Å²) in [5.74, 6) is 2.93. The van der Waals surface area contributed by atoms with Gasteiger partial charge in [0.25, 0.3) is 0 Å². The number of hydrogen-bond acceptors (Lipinski definition) is 4. The number of methoxy groups -OCH3 is 1. The molecule has 0 aliphatic carbocycles. The van der Waals surface area contributed by atoms with Gasteiger partial charge in [0, 0.05) is 0 Å². The van der Waals surface area contributed by atoms with Crippen molar-refractivity contribution in [2.24, 2.45) is 0 Å². The highest BCUT2D eigenvalue weighted by molar-refractivity contribution is 5.92. The lowest BCUT2D eigenvalue weighted by molar-refractivity contribution is 0.0595. The zero-order valence-corrected chi connectivity index (χ0v) is 9.65. The van der Waals surface area contributed by atoms with E-state index in [2.05, 4.69) is 15.6 Å². The number of carbonyl (C=O) groups excluding carboxylic acids is 1. The van der Waals surface area contributed by atoms with E-state index >= 15 is 0 Å². The van der Waals surface area contributed by atoms with Crippen LogP contribution in [0.3, 0.4) is 0 Å². The van der Waals surface area contributed by atoms with Gasteiger partial charge in [0.15, 0.2) is 5.69 Å². The Morgan fingerprint density at radius 2 is 2.38 bits per heavy atom. The molecule has 0 aromatic carbocycles. The molecule has 0 radical (unpaired) electrons. The Hall–Kier alpha value is -1.96. The predicted octanol–water partition coefficient (Wildman–Crippen LogP) is 1.14. The Morgan fingerprint density at radius 1 is 1.75 bits per heavy atom. The molecule has 0 aliphatic heterocycles. The second-order valence-electron chi connectivity index (χ2n) is 3.35. The fraction of sp³-hybridized carbons (Fsp3) is 0.455. The second kappa shape index (κ2) is 4.71. The van der Waals surface area contributed by atoms with Crippen LogP contribution in [0.1, 0.15) is 35.7 Å². The third-order valence-corrected chi connectivity index (χ3v) is 2.39. The van der Waals surface area contributed by atoms with Crippen molar-refractivity contribution in [2.45, 2.75) is 26.3 Å². The molecule has 0 saturated heterocycles. The van der Waals surface area contributed by atoms with E-state index in [1.54, 1.807) is 11.5 Å². The number of nitrogen functional groups attached to an aromatic ring is 1. The van der Waals surface area contributed by atoms with Crippen LogP contribution in [0.25, 0.3) is 0 Å². The first-order valence-corrected chi connectivity index (χ1v) is 4.95. The van der Waals surface area contributed by atoms with Gasteiger partial charge in [0.2, 0.25) is 0 Å². The van der Waals surface area contributed by atoms with Gasteiger partial charge >= 0.3 is 5.97 Å². The molecular weight excluding hydrogens is 206 g/mol. The summed E-state index contributed by atoms with van der Waals surface area (Å²) in [5.41, 5.74) is 5.96. The summed E-state index contributed by atoms with van der Waals surface area (Å²) in [7, 11) is 1.29. The Kier molecular flexibility index (Phi) is 3.56. The third-order valence-electron chi connectivity index (χ3n) is 2.39. The van der Waals surface area contributed by atoms with Gasteiger partial charge in [-0.15, -0.1) is 6.42 Å². The molecule has 1 heterocycles. The van der Waals surface area contributed by atoms with Crippen molar-refractivity contribution in [1.29, 1.82) is 0 Å². The van der Waals surface area contributed by atoms with Crippen molar-refractivity contribution in [3.63, 3.8) is 0 Å². The molecular formula is C11H15N3O2. The quantitative estimate of drug-likeness (QED) is 0.614. The van der Waals surface area contributed by atoms with E-state index in [0.29, 0.717) is 5.82 Å². The Morgan fingerprint density at radius 3 is 2.81 bits per heavy atom. The van der Waals surface area contributed by atoms with E-state index in [4.69, 9.17) is 12.2 Å². The first-order chi connectivity index (χ1) is 7.56. The highest BCUT2D eigenvalue weighted by Crippen LogP contribution is 2.22. The molecule has 5 heteroatoms. The lowest BCUT2D eigenvalue weighted by Gasteiger charge is -2.13. The first kappa shape index (κ1) is 12.1. The van der Waals surface area contributed by atoms with Crippen molar-refractivity contribution < 1.29 is 9.53 Å². The molecule has 1 aromatic rings. The minimum atomic E-state index is -0.550. The molecule has 1 aromatic heterocycles. The number of aryl methyl sites for hydroxylation is 1. The van der Waals surface area contributed by atoms with Crippen LogP contribution < -0.4 is 5.73 Å². The molecule has 86 valence electrons. The van der Waals surface area contributed by atoms with Crippen LogP contribution in [0, 0.1) is 19.3 Å². The van der Waals surface area contributed by atoms with E-state index in [0.717, 1.165) is 6.42 Å². The Bertz CT molecular complexity index is 443. The molecule has 0 bridgehead atoms. The standard InChI is InChI=1S/C11H15N3O2/c1-5-8(6-2)14-7(3)13-9(10(14)12)11(15)16-4/h1,8H,6,12H2,2-4H3. The van der Waals surface area contributed by atoms with Crippen LogP contribution in [-0.4, -0.2) is 22.6 Å². The number of nitrogens with zero attached hydrogens (tertiary/aromatic N) is 2. The van der Waals surface area contributed by atoms with Crippen LogP contribution in [0.4, 0.5) is 5.82 Å². The molecule has 0 aliphatic rings. The van der Waals surface area contributed by atoms with E-state index in [1.165, 1.54) is 7.11 Å². The Labute approximate surface area is 94.6 Å². The van der Waals surface area contributed by atoms with Crippen molar-refractivity contribution in [1.82, 2.24) is 9.55 Å². The van der Waals surface area contributed by atoms with E-state index in [-0.39, 0.29) is 17.6 Å². The van der Waals surface area contributed by atoms with Crippen molar-refractivity contribution in [2.75, 3.05) is 12.8 Å². The lowest BCUT2D eigenvalue weighted by Crippen LogP contribution is -2.12. The van der Waals surface area contributed by atoms with Gasteiger partial charge in [-0.3, -0.25) is 0 Å². The van der Waals surface area contributed by atoms with Gasteiger partial charge in [-0.25, -0.2) is 9.78 Å². The van der Waals surface area contributed by atoms with E-state index in [1.807, 2.05) is 6.92 Å². The second-order valence-corrected chi connectivity index (χ2v) is 3.35. The average molecular weight is 221 g/mol. The lowest BCUT2D eigenvalue weighted by atomic mass is 10.2. The summed E-state index contributed by atoms with van der Waals surface area (Å²) in [5, 5.41) is 0. The maximum absolute atomic E-state index is 11.4. The normalized spacial score (nSPS) is 11.9. The topological polar surface area (TPSA) is 70.1 Å². The predicted molar refractivity (Wildman–Crippen MR) is 60.9 cm³/mol. The van der Waals surface area contributed by atoms with Gasteiger partial charge in [-0.1, -0.05) is 12.8 Å². The zero-order chi connectivity index (χ0) is 12.3. The summed E-state index contributed by atoms with van der Waals surface area (Å²) < 4.78 is 6.26. The van der Waals surface area contributed by atoms with Gasteiger partial charge in [-0.05, 0) is 13.3 Å². The van der Waals surface area contributed by atoms with E-state index in [9.17, 15) is 4.79 Å². The summed E-state index contributed by atoms with van der Waals surface area (Å²) >= 11 is 0. The first-order valence-electron chi connectivity index (χ1n) is 4.95. The average Bonchev–Trinajstić information content (AvgIpc) is 2.57. The monoisotopic (exact) mass is 221 g/mol. The highest BCUT2D eigenvalue weighted by atomic mass is 16.5. The number of rotatable bonds is 3. The number of anilines is 1. The maximum Gasteiger partial charge on any atom is 0.360 e. The number of carbonyl (C=O) groups is 1. The molecule has 5 nitrogen and oxygen atoms in total. The number of ether oxygens (including phenoxy) is 1. The summed E-state index contributed by atoms with van der Waals surface area (Å²) in [4.78, 5) is 15.4. The molecule has 0 fully saturated rings. The van der Waals surface area contributed by atoms with E-state index < -0.39 is 5.97 Å². The summed E-state index contributed by atoms with van der Waals surface area (Å²) in [6, 6.07) is -0.189. The maximum atomic E-state index is 11.4. The SMILES string of the molecule is C#CC(CC)n1c(C)nc(C(=O)OC)c1N. The number of esters is 1. The minimum Gasteiger partial charge on any atom is -0.464 e. The number of hydrogen-bond donors (Lipinski definition) is 1. The molecule has 16 heavy (non-hydrogen) atoms. The number of imidazole rings is 1. The van der Waals surface area contributed by atoms with Gasteiger partial charge < -0.3 is 15.0 Å². The molecule has 2 N–H and O–H groups in total. The van der Waals surface area contributed by atoms with Crippen LogP contribution in [0.15, 0.2) is 0 Å². The van der Waals surface area contributed by atoms with Gasteiger partial charge in [0.1, 0.15) is 11.6 Å².